The molecule has 0 spiro atoms. The third-order valence-electron chi connectivity index (χ3n) is 4.63. The highest BCUT2D eigenvalue weighted by Crippen LogP contribution is 2.21. The number of sulfonamides is 1. The molecule has 2 amide bonds. The summed E-state index contributed by atoms with van der Waals surface area (Å²) in [5.74, 6) is -0.749. The molecule has 0 aromatic carbocycles. The van der Waals surface area contributed by atoms with Gasteiger partial charge in [0.2, 0.25) is 10.0 Å². The fraction of sp³-hybridized carbons (Fsp3) is 0.600. The third kappa shape index (κ3) is 3.42. The van der Waals surface area contributed by atoms with Crippen LogP contribution in [0.15, 0.2) is 17.2 Å². The van der Waals surface area contributed by atoms with E-state index in [2.05, 4.69) is 0 Å². The van der Waals surface area contributed by atoms with Crippen LogP contribution in [0.25, 0.3) is 0 Å². The molecule has 2 N–H and O–H groups in total. The van der Waals surface area contributed by atoms with Gasteiger partial charge >= 0.3 is 0 Å². The van der Waals surface area contributed by atoms with Crippen molar-refractivity contribution in [3.63, 3.8) is 0 Å². The third-order valence-corrected chi connectivity index (χ3v) is 6.49. The SMILES string of the molecule is Cn1cc(S(=O)(=O)N2CCN(C(=O)[C@H]3CCCO3)CC2)cc1C(N)=O. The van der Waals surface area contributed by atoms with Crippen molar-refractivity contribution in [2.24, 2.45) is 12.8 Å². The monoisotopic (exact) mass is 370 g/mol. The standard InChI is InChI=1S/C15H22N4O5S/c1-17-10-11(9-12(17)14(16)20)25(22,23)19-6-4-18(5-7-19)15(21)13-3-2-8-24-13/h9-10,13H,2-8H2,1H3,(H2,16,20)/t13-/m1/s1. The lowest BCUT2D eigenvalue weighted by molar-refractivity contribution is -0.142. The van der Waals surface area contributed by atoms with Crippen molar-refractivity contribution < 1.29 is 22.7 Å². The van der Waals surface area contributed by atoms with Gasteiger partial charge in [-0.05, 0) is 18.9 Å². The number of hydrogen-bond acceptors (Lipinski definition) is 5. The quantitative estimate of drug-likeness (QED) is 0.740. The van der Waals surface area contributed by atoms with Gasteiger partial charge in [0, 0.05) is 46.0 Å². The molecule has 2 aliphatic heterocycles. The molecule has 0 bridgehead atoms. The molecular formula is C15H22N4O5S. The van der Waals surface area contributed by atoms with Crippen molar-refractivity contribution in [1.29, 1.82) is 0 Å². The maximum Gasteiger partial charge on any atom is 0.265 e. The molecule has 2 saturated heterocycles. The summed E-state index contributed by atoms with van der Waals surface area (Å²) < 4.78 is 33.6. The van der Waals surface area contributed by atoms with Crippen molar-refractivity contribution >= 4 is 21.8 Å². The van der Waals surface area contributed by atoms with Crippen LogP contribution in [0.3, 0.4) is 0 Å². The number of amides is 2. The average Bonchev–Trinajstić information content (AvgIpc) is 3.24. The summed E-state index contributed by atoms with van der Waals surface area (Å²) in [6.07, 6.45) is 2.58. The van der Waals surface area contributed by atoms with Crippen LogP contribution in [0, 0.1) is 0 Å². The first-order valence-corrected chi connectivity index (χ1v) is 9.61. The molecule has 2 aliphatic rings. The highest BCUT2D eigenvalue weighted by atomic mass is 32.2. The van der Waals surface area contributed by atoms with E-state index in [1.807, 2.05) is 0 Å². The first-order valence-electron chi connectivity index (χ1n) is 8.17. The molecule has 3 heterocycles. The number of piperazine rings is 1. The fourth-order valence-corrected chi connectivity index (χ4v) is 4.69. The lowest BCUT2D eigenvalue weighted by atomic mass is 10.2. The largest absolute Gasteiger partial charge is 0.368 e. The van der Waals surface area contributed by atoms with E-state index >= 15 is 0 Å². The Balaban J connectivity index is 1.68. The van der Waals surface area contributed by atoms with E-state index in [1.54, 1.807) is 11.9 Å². The van der Waals surface area contributed by atoms with Gasteiger partial charge in [-0.15, -0.1) is 0 Å². The zero-order valence-electron chi connectivity index (χ0n) is 14.1. The highest BCUT2D eigenvalue weighted by Gasteiger charge is 2.34. The van der Waals surface area contributed by atoms with E-state index in [4.69, 9.17) is 10.5 Å². The van der Waals surface area contributed by atoms with Gasteiger partial charge in [-0.2, -0.15) is 4.31 Å². The Labute approximate surface area is 146 Å². The predicted octanol–water partition coefficient (Wildman–Crippen LogP) is -0.864. The molecule has 138 valence electrons. The van der Waals surface area contributed by atoms with E-state index in [0.29, 0.717) is 19.7 Å². The molecule has 1 aromatic rings. The second-order valence-corrected chi connectivity index (χ2v) is 8.21. The summed E-state index contributed by atoms with van der Waals surface area (Å²) in [7, 11) is -2.16. The molecule has 0 saturated carbocycles. The second kappa shape index (κ2) is 6.77. The predicted molar refractivity (Wildman–Crippen MR) is 88.2 cm³/mol. The Hall–Kier alpha value is -1.91. The molecule has 2 fully saturated rings. The Bertz CT molecular complexity index is 774. The summed E-state index contributed by atoms with van der Waals surface area (Å²) in [6, 6.07) is 1.28. The second-order valence-electron chi connectivity index (χ2n) is 6.27. The Morgan fingerprint density at radius 2 is 1.92 bits per heavy atom. The van der Waals surface area contributed by atoms with E-state index in [9.17, 15) is 18.0 Å². The van der Waals surface area contributed by atoms with E-state index in [1.165, 1.54) is 21.1 Å². The molecule has 1 atom stereocenters. The van der Waals surface area contributed by atoms with Crippen LogP contribution in [-0.4, -0.2) is 72.9 Å². The number of rotatable bonds is 4. The van der Waals surface area contributed by atoms with Gasteiger partial charge in [-0.1, -0.05) is 0 Å². The number of carbonyl (C=O) groups excluding carboxylic acids is 2. The first-order chi connectivity index (χ1) is 11.8. The molecule has 0 unspecified atom stereocenters. The molecule has 9 nitrogen and oxygen atoms in total. The van der Waals surface area contributed by atoms with E-state index in [0.717, 1.165) is 12.8 Å². The lowest BCUT2D eigenvalue weighted by Gasteiger charge is -2.34. The summed E-state index contributed by atoms with van der Waals surface area (Å²) in [4.78, 5) is 25.3. The van der Waals surface area contributed by atoms with Gasteiger partial charge in [-0.3, -0.25) is 9.59 Å². The molecule has 3 rings (SSSR count). The number of nitrogens with zero attached hydrogens (tertiary/aromatic N) is 3. The Kier molecular flexibility index (Phi) is 4.85. The first kappa shape index (κ1) is 17.9. The van der Waals surface area contributed by atoms with Crippen molar-refractivity contribution in [2.45, 2.75) is 23.8 Å². The highest BCUT2D eigenvalue weighted by molar-refractivity contribution is 7.89. The maximum atomic E-state index is 12.7. The zero-order valence-corrected chi connectivity index (χ0v) is 14.9. The number of hydrogen-bond donors (Lipinski definition) is 1. The molecule has 1 aromatic heterocycles. The van der Waals surface area contributed by atoms with Crippen LogP contribution >= 0.6 is 0 Å². The lowest BCUT2D eigenvalue weighted by Crippen LogP contribution is -2.52. The molecular weight excluding hydrogens is 348 g/mol. The number of aromatic nitrogens is 1. The van der Waals surface area contributed by atoms with Crippen LogP contribution in [0.1, 0.15) is 23.3 Å². The Morgan fingerprint density at radius 1 is 1.24 bits per heavy atom. The minimum Gasteiger partial charge on any atom is -0.368 e. The van der Waals surface area contributed by atoms with Crippen molar-refractivity contribution in [3.05, 3.63) is 18.0 Å². The smallest absolute Gasteiger partial charge is 0.265 e. The zero-order chi connectivity index (χ0) is 18.2. The van der Waals surface area contributed by atoms with Crippen LogP contribution in [0.4, 0.5) is 0 Å². The maximum absolute atomic E-state index is 12.7. The van der Waals surface area contributed by atoms with Gasteiger partial charge in [-0.25, -0.2) is 8.42 Å². The topological polar surface area (TPSA) is 115 Å². The number of carbonyl (C=O) groups is 2. The minimum atomic E-state index is -3.73. The number of ether oxygens (including phenoxy) is 1. The number of primary amides is 1. The molecule has 25 heavy (non-hydrogen) atoms. The molecule has 0 radical (unpaired) electrons. The van der Waals surface area contributed by atoms with Crippen molar-refractivity contribution in [3.8, 4) is 0 Å². The summed E-state index contributed by atoms with van der Waals surface area (Å²) >= 11 is 0. The van der Waals surface area contributed by atoms with E-state index < -0.39 is 22.0 Å². The van der Waals surface area contributed by atoms with E-state index in [-0.39, 0.29) is 29.6 Å². The number of aryl methyl sites for hydroxylation is 1. The van der Waals surface area contributed by atoms with Crippen molar-refractivity contribution in [2.75, 3.05) is 32.8 Å². The van der Waals surface area contributed by atoms with Crippen LogP contribution in [-0.2, 0) is 26.6 Å². The van der Waals surface area contributed by atoms with Crippen molar-refractivity contribution in [1.82, 2.24) is 13.8 Å². The summed E-state index contributed by atoms with van der Waals surface area (Å²) in [5, 5.41) is 0. The van der Waals surface area contributed by atoms with Gasteiger partial charge < -0.3 is 19.9 Å². The van der Waals surface area contributed by atoms with Crippen LogP contribution in [0.2, 0.25) is 0 Å². The molecule has 10 heteroatoms. The summed E-state index contributed by atoms with van der Waals surface area (Å²) in [6.45, 7) is 1.67. The fourth-order valence-electron chi connectivity index (χ4n) is 3.19. The van der Waals surface area contributed by atoms with Crippen LogP contribution in [0.5, 0.6) is 0 Å². The molecule has 0 aliphatic carbocycles. The number of nitrogens with two attached hydrogens (primary N) is 1. The van der Waals surface area contributed by atoms with Gasteiger partial charge in [0.25, 0.3) is 11.8 Å². The van der Waals surface area contributed by atoms with Gasteiger partial charge in [0.15, 0.2) is 0 Å². The average molecular weight is 370 g/mol. The van der Waals surface area contributed by atoms with Gasteiger partial charge in [0.1, 0.15) is 16.7 Å². The Morgan fingerprint density at radius 3 is 2.44 bits per heavy atom. The minimum absolute atomic E-state index is 0.0303. The summed E-state index contributed by atoms with van der Waals surface area (Å²) in [5.41, 5.74) is 5.37. The normalized spacial score (nSPS) is 22.3. The van der Waals surface area contributed by atoms with Gasteiger partial charge in [0.05, 0.1) is 0 Å². The van der Waals surface area contributed by atoms with Crippen LogP contribution < -0.4 is 5.73 Å².